The molecular formula is C17H22N6O2. The lowest BCUT2D eigenvalue weighted by Gasteiger charge is -2.41. The molecule has 2 atom stereocenters. The average Bonchev–Trinajstić information content (AvgIpc) is 3.11. The largest absolute Gasteiger partial charge is 0.368 e. The van der Waals surface area contributed by atoms with E-state index in [-0.39, 0.29) is 18.1 Å². The minimum absolute atomic E-state index is 0.00240. The van der Waals surface area contributed by atoms with E-state index >= 15 is 0 Å². The maximum absolute atomic E-state index is 12.7. The fourth-order valence-corrected chi connectivity index (χ4v) is 3.60. The molecule has 2 aliphatic rings. The van der Waals surface area contributed by atoms with Gasteiger partial charge in [0.15, 0.2) is 0 Å². The number of aromatic nitrogens is 4. The number of piperidine rings is 1. The normalized spacial score (nSPS) is 22.6. The van der Waals surface area contributed by atoms with Crippen LogP contribution in [0.25, 0.3) is 0 Å². The van der Waals surface area contributed by atoms with Crippen molar-refractivity contribution in [1.29, 1.82) is 0 Å². The first kappa shape index (κ1) is 16.2. The second-order valence-corrected chi connectivity index (χ2v) is 6.74. The van der Waals surface area contributed by atoms with Gasteiger partial charge in [-0.3, -0.25) is 14.7 Å². The summed E-state index contributed by atoms with van der Waals surface area (Å²) in [6.45, 7) is 2.98. The summed E-state index contributed by atoms with van der Waals surface area (Å²) in [6.07, 6.45) is 6.14. The highest BCUT2D eigenvalue weighted by Gasteiger charge is 2.37. The van der Waals surface area contributed by atoms with E-state index in [4.69, 9.17) is 4.74 Å². The summed E-state index contributed by atoms with van der Waals surface area (Å²) in [4.78, 5) is 20.6. The van der Waals surface area contributed by atoms with Crippen LogP contribution in [0.1, 0.15) is 23.7 Å². The summed E-state index contributed by atoms with van der Waals surface area (Å²) >= 11 is 0. The number of fused-ring (bicyclic) bond motifs is 3. The first-order valence-electron chi connectivity index (χ1n) is 8.56. The quantitative estimate of drug-likeness (QED) is 0.804. The van der Waals surface area contributed by atoms with Crippen molar-refractivity contribution in [2.24, 2.45) is 0 Å². The summed E-state index contributed by atoms with van der Waals surface area (Å²) in [5.74, 6) is 0.142. The maximum Gasteiger partial charge on any atom is 0.236 e. The van der Waals surface area contributed by atoms with Crippen molar-refractivity contribution >= 4 is 5.91 Å². The Morgan fingerprint density at radius 3 is 3.08 bits per heavy atom. The zero-order valence-corrected chi connectivity index (χ0v) is 14.3. The second kappa shape index (κ2) is 6.89. The van der Waals surface area contributed by atoms with Crippen LogP contribution >= 0.6 is 0 Å². The third-order valence-corrected chi connectivity index (χ3v) is 4.89. The predicted octanol–water partition coefficient (Wildman–Crippen LogP) is 0.477. The van der Waals surface area contributed by atoms with Gasteiger partial charge in [-0.05, 0) is 31.2 Å². The van der Waals surface area contributed by atoms with E-state index in [1.54, 1.807) is 18.6 Å². The minimum Gasteiger partial charge on any atom is -0.368 e. The van der Waals surface area contributed by atoms with Crippen molar-refractivity contribution < 1.29 is 9.53 Å². The Bertz CT molecular complexity index is 734. The van der Waals surface area contributed by atoms with Gasteiger partial charge in [0, 0.05) is 32.0 Å². The van der Waals surface area contributed by atoms with Crippen LogP contribution in [0.2, 0.25) is 0 Å². The minimum atomic E-state index is -0.00240. The molecule has 1 saturated heterocycles. The van der Waals surface area contributed by atoms with Crippen LogP contribution in [0.4, 0.5) is 0 Å². The molecule has 8 heteroatoms. The zero-order chi connectivity index (χ0) is 17.2. The van der Waals surface area contributed by atoms with Crippen molar-refractivity contribution in [2.75, 3.05) is 26.7 Å². The number of nitrogens with zero attached hydrogens (tertiary/aromatic N) is 6. The molecule has 4 rings (SSSR count). The second-order valence-electron chi connectivity index (χ2n) is 6.74. The van der Waals surface area contributed by atoms with Crippen molar-refractivity contribution in [3.8, 4) is 0 Å². The summed E-state index contributed by atoms with van der Waals surface area (Å²) < 4.78 is 7.90. The third-order valence-electron chi connectivity index (χ3n) is 4.89. The molecule has 2 aromatic heterocycles. The van der Waals surface area contributed by atoms with Crippen LogP contribution in [-0.2, 0) is 22.7 Å². The smallest absolute Gasteiger partial charge is 0.236 e. The van der Waals surface area contributed by atoms with E-state index in [1.807, 2.05) is 33.7 Å². The Hall–Kier alpha value is -2.32. The molecule has 8 nitrogen and oxygen atoms in total. The number of ether oxygens (including phenoxy) is 1. The Balaban J connectivity index is 1.33. The van der Waals surface area contributed by atoms with E-state index in [0.717, 1.165) is 30.8 Å². The molecule has 132 valence electrons. The Labute approximate surface area is 146 Å². The Kier molecular flexibility index (Phi) is 4.46. The molecule has 0 bridgehead atoms. The van der Waals surface area contributed by atoms with E-state index in [2.05, 4.69) is 15.3 Å². The van der Waals surface area contributed by atoms with Gasteiger partial charge >= 0.3 is 0 Å². The Morgan fingerprint density at radius 1 is 1.40 bits per heavy atom. The van der Waals surface area contributed by atoms with Gasteiger partial charge in [-0.25, -0.2) is 4.68 Å². The number of hydrogen-bond donors (Lipinski definition) is 0. The highest BCUT2D eigenvalue weighted by Crippen LogP contribution is 2.30. The van der Waals surface area contributed by atoms with E-state index in [9.17, 15) is 4.79 Å². The lowest BCUT2D eigenvalue weighted by Crippen LogP contribution is -2.52. The molecule has 2 aromatic rings. The van der Waals surface area contributed by atoms with Gasteiger partial charge in [0.2, 0.25) is 5.91 Å². The van der Waals surface area contributed by atoms with E-state index in [1.165, 1.54) is 0 Å². The lowest BCUT2D eigenvalue weighted by molar-refractivity contribution is -0.140. The van der Waals surface area contributed by atoms with Crippen molar-refractivity contribution in [2.45, 2.75) is 31.7 Å². The highest BCUT2D eigenvalue weighted by molar-refractivity contribution is 5.78. The summed E-state index contributed by atoms with van der Waals surface area (Å²) in [6, 6.07) is 4.13. The molecule has 2 aliphatic heterocycles. The summed E-state index contributed by atoms with van der Waals surface area (Å²) in [5, 5.41) is 8.15. The zero-order valence-electron chi connectivity index (χ0n) is 14.3. The van der Waals surface area contributed by atoms with Gasteiger partial charge in [0.1, 0.15) is 0 Å². The fourth-order valence-electron chi connectivity index (χ4n) is 3.60. The first-order chi connectivity index (χ1) is 12.2. The Morgan fingerprint density at radius 2 is 2.24 bits per heavy atom. The van der Waals surface area contributed by atoms with Crippen molar-refractivity contribution in [1.82, 2.24) is 29.8 Å². The molecular weight excluding hydrogens is 320 g/mol. The molecule has 0 radical (unpaired) electrons. The molecule has 0 spiro atoms. The molecule has 0 N–H and O–H groups in total. The van der Waals surface area contributed by atoms with Gasteiger partial charge in [0.25, 0.3) is 0 Å². The van der Waals surface area contributed by atoms with Crippen LogP contribution in [-0.4, -0.2) is 68.5 Å². The first-order valence-corrected chi connectivity index (χ1v) is 8.56. The van der Waals surface area contributed by atoms with Crippen LogP contribution in [0.15, 0.2) is 30.7 Å². The standard InChI is InChI=1S/C17H22N6O2/c1-21(9-13-2-5-18-6-3-13)11-17(24)22-7-4-15-16(10-22)25-12-14-8-19-20-23(14)15/h2-3,5-6,8,15-16H,4,7,9-12H2,1H3/t15-,16-/m0/s1. The topological polar surface area (TPSA) is 76.4 Å². The average molecular weight is 342 g/mol. The van der Waals surface area contributed by atoms with Gasteiger partial charge in [0.05, 0.1) is 37.2 Å². The number of likely N-dealkylation sites (tertiary alicyclic amines) is 1. The predicted molar refractivity (Wildman–Crippen MR) is 89.4 cm³/mol. The third kappa shape index (κ3) is 3.40. The van der Waals surface area contributed by atoms with Crippen LogP contribution < -0.4 is 0 Å². The molecule has 0 unspecified atom stereocenters. The molecule has 25 heavy (non-hydrogen) atoms. The van der Waals surface area contributed by atoms with Crippen LogP contribution in [0.5, 0.6) is 0 Å². The summed E-state index contributed by atoms with van der Waals surface area (Å²) in [7, 11) is 1.96. The maximum atomic E-state index is 12.7. The number of pyridine rings is 1. The van der Waals surface area contributed by atoms with Crippen LogP contribution in [0, 0.1) is 0 Å². The molecule has 0 saturated carbocycles. The number of likely N-dealkylation sites (N-methyl/N-ethyl adjacent to an activating group) is 1. The van der Waals surface area contributed by atoms with Crippen molar-refractivity contribution in [3.05, 3.63) is 42.0 Å². The van der Waals surface area contributed by atoms with E-state index < -0.39 is 0 Å². The van der Waals surface area contributed by atoms with Gasteiger partial charge in [-0.2, -0.15) is 0 Å². The monoisotopic (exact) mass is 342 g/mol. The molecule has 0 aliphatic carbocycles. The highest BCUT2D eigenvalue weighted by atomic mass is 16.5. The van der Waals surface area contributed by atoms with Gasteiger partial charge < -0.3 is 9.64 Å². The number of hydrogen-bond acceptors (Lipinski definition) is 6. The number of carbonyl (C=O) groups excluding carboxylic acids is 1. The number of rotatable bonds is 4. The molecule has 1 amide bonds. The van der Waals surface area contributed by atoms with Crippen LogP contribution in [0.3, 0.4) is 0 Å². The van der Waals surface area contributed by atoms with Gasteiger partial charge in [-0.1, -0.05) is 5.21 Å². The molecule has 1 fully saturated rings. The fraction of sp³-hybridized carbons (Fsp3) is 0.529. The van der Waals surface area contributed by atoms with E-state index in [0.29, 0.717) is 19.7 Å². The SMILES string of the molecule is CN(CC(=O)N1CC[C@H]2[C@H](C1)OCc1cnnn12)Cc1ccncc1. The molecule has 4 heterocycles. The number of amides is 1. The lowest BCUT2D eigenvalue weighted by atomic mass is 10.00. The summed E-state index contributed by atoms with van der Waals surface area (Å²) in [5.41, 5.74) is 2.16. The van der Waals surface area contributed by atoms with Gasteiger partial charge in [-0.15, -0.1) is 5.10 Å². The number of carbonyl (C=O) groups is 1. The molecule has 0 aromatic carbocycles. The van der Waals surface area contributed by atoms with Crippen molar-refractivity contribution in [3.63, 3.8) is 0 Å².